The Kier molecular flexibility index (Phi) is 6.04. The van der Waals surface area contributed by atoms with Crippen molar-refractivity contribution < 1.29 is 4.74 Å². The van der Waals surface area contributed by atoms with Gasteiger partial charge in [-0.15, -0.1) is 6.58 Å². The van der Waals surface area contributed by atoms with Crippen LogP contribution in [-0.4, -0.2) is 19.2 Å². The molecule has 0 aliphatic rings. The highest BCUT2D eigenvalue weighted by Gasteiger charge is 2.08. The van der Waals surface area contributed by atoms with Crippen molar-refractivity contribution in [2.75, 3.05) is 13.1 Å². The monoisotopic (exact) mass is 281 g/mol. The van der Waals surface area contributed by atoms with Crippen LogP contribution in [0.3, 0.4) is 0 Å². The first-order valence-corrected chi connectivity index (χ1v) is 7.39. The predicted octanol–water partition coefficient (Wildman–Crippen LogP) is 3.82. The Morgan fingerprint density at radius 1 is 1.10 bits per heavy atom. The summed E-state index contributed by atoms with van der Waals surface area (Å²) < 4.78 is 6.07. The second kappa shape index (κ2) is 8.28. The molecule has 2 aromatic rings. The maximum absolute atomic E-state index is 6.07. The molecule has 0 bridgehead atoms. The van der Waals surface area contributed by atoms with Crippen LogP contribution in [0.25, 0.3) is 0 Å². The molecule has 0 aliphatic heterocycles. The molecule has 21 heavy (non-hydrogen) atoms. The summed E-state index contributed by atoms with van der Waals surface area (Å²) in [5.41, 5.74) is 2.52. The summed E-state index contributed by atoms with van der Waals surface area (Å²) in [6.45, 7) is 7.39. The zero-order valence-electron chi connectivity index (χ0n) is 12.6. The van der Waals surface area contributed by atoms with Gasteiger partial charge in [-0.3, -0.25) is 0 Å². The normalized spacial score (nSPS) is 11.9. The lowest BCUT2D eigenvalue weighted by Gasteiger charge is -2.18. The molecule has 2 rings (SSSR count). The standard InChI is InChI=1S/C19H23NO/c1-3-13-20-15-16(2)21-19-12-8-7-11-18(19)14-17-9-5-4-6-10-17/h3-12,16,20H,1,13-15H2,2H3. The van der Waals surface area contributed by atoms with E-state index in [0.717, 1.165) is 25.3 Å². The van der Waals surface area contributed by atoms with Crippen molar-refractivity contribution in [2.24, 2.45) is 0 Å². The summed E-state index contributed by atoms with van der Waals surface area (Å²) in [5.74, 6) is 0.967. The van der Waals surface area contributed by atoms with Crippen molar-refractivity contribution in [1.29, 1.82) is 0 Å². The third kappa shape index (κ3) is 5.09. The highest BCUT2D eigenvalue weighted by Crippen LogP contribution is 2.22. The van der Waals surface area contributed by atoms with Gasteiger partial charge in [0.05, 0.1) is 0 Å². The number of ether oxygens (including phenoxy) is 1. The van der Waals surface area contributed by atoms with Crippen molar-refractivity contribution in [2.45, 2.75) is 19.4 Å². The van der Waals surface area contributed by atoms with E-state index in [9.17, 15) is 0 Å². The maximum atomic E-state index is 6.07. The van der Waals surface area contributed by atoms with E-state index in [4.69, 9.17) is 4.74 Å². The first-order chi connectivity index (χ1) is 10.3. The van der Waals surface area contributed by atoms with Gasteiger partial charge in [-0.25, -0.2) is 0 Å². The SMILES string of the molecule is C=CCNCC(C)Oc1ccccc1Cc1ccccc1. The molecule has 0 saturated heterocycles. The van der Waals surface area contributed by atoms with E-state index in [1.165, 1.54) is 11.1 Å². The molecule has 0 spiro atoms. The predicted molar refractivity (Wildman–Crippen MR) is 88.8 cm³/mol. The average Bonchev–Trinajstić information content (AvgIpc) is 2.51. The van der Waals surface area contributed by atoms with Crippen LogP contribution in [-0.2, 0) is 6.42 Å². The molecule has 2 nitrogen and oxygen atoms in total. The van der Waals surface area contributed by atoms with Crippen LogP contribution in [0.4, 0.5) is 0 Å². The van der Waals surface area contributed by atoms with E-state index < -0.39 is 0 Å². The van der Waals surface area contributed by atoms with E-state index in [-0.39, 0.29) is 6.10 Å². The number of hydrogen-bond acceptors (Lipinski definition) is 2. The third-order valence-corrected chi connectivity index (χ3v) is 3.26. The van der Waals surface area contributed by atoms with Gasteiger partial charge in [0.1, 0.15) is 11.9 Å². The van der Waals surface area contributed by atoms with Crippen molar-refractivity contribution in [3.63, 3.8) is 0 Å². The summed E-state index contributed by atoms with van der Waals surface area (Å²) in [5, 5.41) is 3.28. The first kappa shape index (κ1) is 15.3. The Bertz CT molecular complexity index is 551. The van der Waals surface area contributed by atoms with Crippen LogP contribution >= 0.6 is 0 Å². The Morgan fingerprint density at radius 2 is 1.81 bits per heavy atom. The lowest BCUT2D eigenvalue weighted by molar-refractivity contribution is 0.217. The van der Waals surface area contributed by atoms with E-state index in [2.05, 4.69) is 55.2 Å². The van der Waals surface area contributed by atoms with Gasteiger partial charge in [-0.2, -0.15) is 0 Å². The van der Waals surface area contributed by atoms with Crippen LogP contribution in [0.1, 0.15) is 18.1 Å². The minimum absolute atomic E-state index is 0.127. The Balaban J connectivity index is 2.01. The zero-order valence-corrected chi connectivity index (χ0v) is 12.6. The van der Waals surface area contributed by atoms with Crippen molar-refractivity contribution >= 4 is 0 Å². The molecule has 1 atom stereocenters. The molecule has 0 saturated carbocycles. The fraction of sp³-hybridized carbons (Fsp3) is 0.263. The molecular weight excluding hydrogens is 258 g/mol. The second-order valence-corrected chi connectivity index (χ2v) is 5.15. The minimum Gasteiger partial charge on any atom is -0.489 e. The molecule has 1 N–H and O–H groups in total. The average molecular weight is 281 g/mol. The third-order valence-electron chi connectivity index (χ3n) is 3.26. The van der Waals surface area contributed by atoms with E-state index >= 15 is 0 Å². The van der Waals surface area contributed by atoms with Gasteiger partial charge in [-0.05, 0) is 24.1 Å². The van der Waals surface area contributed by atoms with Gasteiger partial charge in [0.15, 0.2) is 0 Å². The van der Waals surface area contributed by atoms with Gasteiger partial charge in [-0.1, -0.05) is 54.6 Å². The summed E-state index contributed by atoms with van der Waals surface area (Å²) in [4.78, 5) is 0. The van der Waals surface area contributed by atoms with Crippen LogP contribution in [0.15, 0.2) is 67.3 Å². The molecular formula is C19H23NO. The second-order valence-electron chi connectivity index (χ2n) is 5.15. The van der Waals surface area contributed by atoms with Crippen molar-refractivity contribution in [3.05, 3.63) is 78.4 Å². The quantitative estimate of drug-likeness (QED) is 0.586. The summed E-state index contributed by atoms with van der Waals surface area (Å²) >= 11 is 0. The zero-order chi connectivity index (χ0) is 14.9. The van der Waals surface area contributed by atoms with E-state index in [0.29, 0.717) is 0 Å². The molecule has 2 heteroatoms. The number of rotatable bonds is 8. The van der Waals surface area contributed by atoms with Crippen molar-refractivity contribution in [1.82, 2.24) is 5.32 Å². The largest absolute Gasteiger partial charge is 0.489 e. The summed E-state index contributed by atoms with van der Waals surface area (Å²) in [6.07, 6.45) is 2.88. The Hall–Kier alpha value is -2.06. The maximum Gasteiger partial charge on any atom is 0.123 e. The Labute approximate surface area is 127 Å². The van der Waals surface area contributed by atoms with Crippen LogP contribution in [0.5, 0.6) is 5.75 Å². The molecule has 0 heterocycles. The smallest absolute Gasteiger partial charge is 0.123 e. The topological polar surface area (TPSA) is 21.3 Å². The van der Waals surface area contributed by atoms with Gasteiger partial charge >= 0.3 is 0 Å². The highest BCUT2D eigenvalue weighted by atomic mass is 16.5. The van der Waals surface area contributed by atoms with Gasteiger partial charge in [0, 0.05) is 19.5 Å². The Morgan fingerprint density at radius 3 is 2.57 bits per heavy atom. The molecule has 0 amide bonds. The summed E-state index contributed by atoms with van der Waals surface area (Å²) in [6, 6.07) is 18.7. The number of para-hydroxylation sites is 1. The number of hydrogen-bond donors (Lipinski definition) is 1. The molecule has 0 aliphatic carbocycles. The number of benzene rings is 2. The lowest BCUT2D eigenvalue weighted by atomic mass is 10.0. The fourth-order valence-electron chi connectivity index (χ4n) is 2.23. The molecule has 0 radical (unpaired) electrons. The lowest BCUT2D eigenvalue weighted by Crippen LogP contribution is -2.29. The van der Waals surface area contributed by atoms with Crippen LogP contribution < -0.4 is 10.1 Å². The number of nitrogens with one attached hydrogen (secondary N) is 1. The van der Waals surface area contributed by atoms with Gasteiger partial charge < -0.3 is 10.1 Å². The highest BCUT2D eigenvalue weighted by molar-refractivity contribution is 5.37. The molecule has 0 fully saturated rings. The first-order valence-electron chi connectivity index (χ1n) is 7.39. The van der Waals surface area contributed by atoms with Crippen molar-refractivity contribution in [3.8, 4) is 5.75 Å². The minimum atomic E-state index is 0.127. The van der Waals surface area contributed by atoms with Crippen LogP contribution in [0, 0.1) is 0 Å². The summed E-state index contributed by atoms with van der Waals surface area (Å²) in [7, 11) is 0. The van der Waals surface area contributed by atoms with E-state index in [1.807, 2.05) is 24.3 Å². The molecule has 2 aromatic carbocycles. The molecule has 1 unspecified atom stereocenters. The molecule has 0 aromatic heterocycles. The fourth-order valence-corrected chi connectivity index (χ4v) is 2.23. The van der Waals surface area contributed by atoms with Crippen LogP contribution in [0.2, 0.25) is 0 Å². The van der Waals surface area contributed by atoms with Gasteiger partial charge in [0.2, 0.25) is 0 Å². The molecule has 110 valence electrons. The van der Waals surface area contributed by atoms with Gasteiger partial charge in [0.25, 0.3) is 0 Å². The van der Waals surface area contributed by atoms with E-state index in [1.54, 1.807) is 0 Å².